The molecule has 1 fully saturated rings. The molecule has 0 amide bonds. The van der Waals surface area contributed by atoms with E-state index in [9.17, 15) is 0 Å². The Hall–Kier alpha value is -1.55. The summed E-state index contributed by atoms with van der Waals surface area (Å²) in [6, 6.07) is 9.16. The van der Waals surface area contributed by atoms with Gasteiger partial charge in [0.25, 0.3) is 0 Å². The van der Waals surface area contributed by atoms with E-state index in [0.717, 1.165) is 0 Å². The van der Waals surface area contributed by atoms with Crippen molar-refractivity contribution in [3.05, 3.63) is 35.2 Å². The summed E-state index contributed by atoms with van der Waals surface area (Å²) in [6.07, 6.45) is 5.05. The van der Waals surface area contributed by atoms with Crippen LogP contribution in [0.1, 0.15) is 31.2 Å². The first kappa shape index (κ1) is 12.5. The fourth-order valence-electron chi connectivity index (χ4n) is 2.62. The van der Waals surface area contributed by atoms with Crippen molar-refractivity contribution in [1.82, 2.24) is 5.32 Å². The summed E-state index contributed by atoms with van der Waals surface area (Å²) in [5.41, 5.74) is 7.15. The van der Waals surface area contributed by atoms with Crippen LogP contribution in [0.4, 0.5) is 0 Å². The first-order valence-electron chi connectivity index (χ1n) is 6.84. The number of benzene rings is 1. The van der Waals surface area contributed by atoms with Gasteiger partial charge in [0, 0.05) is 10.7 Å². The van der Waals surface area contributed by atoms with Gasteiger partial charge >= 0.3 is 0 Å². The molecule has 1 aliphatic rings. The van der Waals surface area contributed by atoms with Gasteiger partial charge < -0.3 is 11.1 Å². The van der Waals surface area contributed by atoms with Crippen LogP contribution in [0.3, 0.4) is 0 Å². The van der Waals surface area contributed by atoms with E-state index in [1.165, 1.54) is 41.3 Å². The van der Waals surface area contributed by atoms with Gasteiger partial charge in [0.05, 0.1) is 6.54 Å². The summed E-state index contributed by atoms with van der Waals surface area (Å²) in [5.74, 6) is 0.581. The van der Waals surface area contributed by atoms with Crippen molar-refractivity contribution in [2.45, 2.75) is 38.3 Å². The molecule has 3 rings (SSSR count). The number of thiophene rings is 1. The maximum Gasteiger partial charge on any atom is 0.189 e. The standard InChI is InChI=1S/C15H19N3S/c16-15(18-13-3-1-2-4-13)17-10-11-5-6-14-12(9-11)7-8-19-14/h5-9,13H,1-4,10H2,(H3,16,17,18). The Morgan fingerprint density at radius 2 is 2.16 bits per heavy atom. The van der Waals surface area contributed by atoms with Crippen molar-refractivity contribution >= 4 is 27.4 Å². The number of guanidine groups is 1. The third-order valence-electron chi connectivity index (χ3n) is 3.66. The van der Waals surface area contributed by atoms with Gasteiger partial charge in [-0.15, -0.1) is 11.3 Å². The van der Waals surface area contributed by atoms with E-state index in [1.54, 1.807) is 11.3 Å². The second kappa shape index (κ2) is 5.61. The van der Waals surface area contributed by atoms with Gasteiger partial charge in [-0.25, -0.2) is 4.99 Å². The Morgan fingerprint density at radius 1 is 1.32 bits per heavy atom. The zero-order valence-corrected chi connectivity index (χ0v) is 11.7. The molecule has 1 aromatic carbocycles. The largest absolute Gasteiger partial charge is 0.370 e. The predicted octanol–water partition coefficient (Wildman–Crippen LogP) is 3.25. The lowest BCUT2D eigenvalue weighted by atomic mass is 10.2. The van der Waals surface area contributed by atoms with Crippen molar-refractivity contribution in [3.8, 4) is 0 Å². The van der Waals surface area contributed by atoms with Crippen molar-refractivity contribution in [2.24, 2.45) is 10.7 Å². The lowest BCUT2D eigenvalue weighted by molar-refractivity contribution is 0.625. The Labute approximate surface area is 117 Å². The van der Waals surface area contributed by atoms with Gasteiger partial charge in [0.2, 0.25) is 0 Å². The molecule has 100 valence electrons. The molecule has 4 heteroatoms. The first-order valence-corrected chi connectivity index (χ1v) is 7.72. The molecule has 3 nitrogen and oxygen atoms in total. The van der Waals surface area contributed by atoms with E-state index in [4.69, 9.17) is 5.73 Å². The molecule has 0 bridgehead atoms. The number of nitrogens with one attached hydrogen (secondary N) is 1. The molecular formula is C15H19N3S. The lowest BCUT2D eigenvalue weighted by Crippen LogP contribution is -2.38. The van der Waals surface area contributed by atoms with Crippen molar-refractivity contribution in [3.63, 3.8) is 0 Å². The summed E-state index contributed by atoms with van der Waals surface area (Å²) in [6.45, 7) is 0.650. The topological polar surface area (TPSA) is 50.4 Å². The van der Waals surface area contributed by atoms with Crippen LogP contribution in [0.5, 0.6) is 0 Å². The third-order valence-corrected chi connectivity index (χ3v) is 4.55. The minimum Gasteiger partial charge on any atom is -0.370 e. The summed E-state index contributed by atoms with van der Waals surface area (Å²) in [5, 5.41) is 6.72. The van der Waals surface area contributed by atoms with Crippen molar-refractivity contribution in [2.75, 3.05) is 0 Å². The van der Waals surface area contributed by atoms with Gasteiger partial charge in [-0.05, 0) is 47.4 Å². The molecule has 0 spiro atoms. The van der Waals surface area contributed by atoms with E-state index < -0.39 is 0 Å². The molecule has 2 aromatic rings. The minimum atomic E-state index is 0.531. The second-order valence-electron chi connectivity index (χ2n) is 5.12. The minimum absolute atomic E-state index is 0.531. The summed E-state index contributed by atoms with van der Waals surface area (Å²) >= 11 is 1.77. The van der Waals surface area contributed by atoms with E-state index in [2.05, 4.69) is 40.0 Å². The number of fused-ring (bicyclic) bond motifs is 1. The molecule has 0 unspecified atom stereocenters. The SMILES string of the molecule is NC(=NCc1ccc2sccc2c1)NC1CCCC1. The monoisotopic (exact) mass is 273 g/mol. The quantitative estimate of drug-likeness (QED) is 0.666. The molecular weight excluding hydrogens is 254 g/mol. The zero-order valence-electron chi connectivity index (χ0n) is 10.9. The predicted molar refractivity (Wildman–Crippen MR) is 82.5 cm³/mol. The highest BCUT2D eigenvalue weighted by molar-refractivity contribution is 7.17. The number of nitrogens with zero attached hydrogens (tertiary/aromatic N) is 1. The van der Waals surface area contributed by atoms with Gasteiger partial charge in [-0.2, -0.15) is 0 Å². The Bertz CT molecular complexity index is 582. The van der Waals surface area contributed by atoms with Crippen LogP contribution in [0, 0.1) is 0 Å². The molecule has 3 N–H and O–H groups in total. The number of hydrogen-bond acceptors (Lipinski definition) is 2. The van der Waals surface area contributed by atoms with Crippen LogP contribution in [0.15, 0.2) is 34.6 Å². The molecule has 1 aliphatic carbocycles. The van der Waals surface area contributed by atoms with Crippen molar-refractivity contribution < 1.29 is 0 Å². The number of nitrogens with two attached hydrogens (primary N) is 1. The van der Waals surface area contributed by atoms with Gasteiger partial charge in [0.1, 0.15) is 0 Å². The second-order valence-corrected chi connectivity index (χ2v) is 6.07. The average molecular weight is 273 g/mol. The number of hydrogen-bond donors (Lipinski definition) is 2. The first-order chi connectivity index (χ1) is 9.31. The van der Waals surface area contributed by atoms with Crippen LogP contribution in [-0.2, 0) is 6.54 Å². The highest BCUT2D eigenvalue weighted by Crippen LogP contribution is 2.22. The lowest BCUT2D eigenvalue weighted by Gasteiger charge is -2.12. The zero-order chi connectivity index (χ0) is 13.1. The molecule has 19 heavy (non-hydrogen) atoms. The smallest absolute Gasteiger partial charge is 0.189 e. The number of aliphatic imine (C=N–C) groups is 1. The third kappa shape index (κ3) is 3.07. The van der Waals surface area contributed by atoms with Crippen LogP contribution in [-0.4, -0.2) is 12.0 Å². The average Bonchev–Trinajstić information content (AvgIpc) is 3.06. The highest BCUT2D eigenvalue weighted by Gasteiger charge is 2.14. The molecule has 1 aromatic heterocycles. The fourth-order valence-corrected chi connectivity index (χ4v) is 3.39. The Balaban J connectivity index is 1.63. The van der Waals surface area contributed by atoms with Gasteiger partial charge in [0.15, 0.2) is 5.96 Å². The summed E-state index contributed by atoms with van der Waals surface area (Å²) in [7, 11) is 0. The fraction of sp³-hybridized carbons (Fsp3) is 0.400. The summed E-state index contributed by atoms with van der Waals surface area (Å²) in [4.78, 5) is 4.44. The Kier molecular flexibility index (Phi) is 3.69. The van der Waals surface area contributed by atoms with E-state index in [-0.39, 0.29) is 0 Å². The van der Waals surface area contributed by atoms with E-state index in [1.807, 2.05) is 0 Å². The van der Waals surface area contributed by atoms with Crippen LogP contribution >= 0.6 is 11.3 Å². The molecule has 0 atom stereocenters. The van der Waals surface area contributed by atoms with Crippen LogP contribution < -0.4 is 11.1 Å². The van der Waals surface area contributed by atoms with Crippen LogP contribution in [0.2, 0.25) is 0 Å². The van der Waals surface area contributed by atoms with Crippen molar-refractivity contribution in [1.29, 1.82) is 0 Å². The number of rotatable bonds is 3. The van der Waals surface area contributed by atoms with E-state index >= 15 is 0 Å². The van der Waals surface area contributed by atoms with E-state index in [0.29, 0.717) is 18.5 Å². The van der Waals surface area contributed by atoms with Crippen LogP contribution in [0.25, 0.3) is 10.1 Å². The highest BCUT2D eigenvalue weighted by atomic mass is 32.1. The molecule has 0 aliphatic heterocycles. The maximum absolute atomic E-state index is 5.93. The Morgan fingerprint density at radius 3 is 3.00 bits per heavy atom. The van der Waals surface area contributed by atoms with Gasteiger partial charge in [-0.3, -0.25) is 0 Å². The van der Waals surface area contributed by atoms with Gasteiger partial charge in [-0.1, -0.05) is 18.9 Å². The normalized spacial score (nSPS) is 17.2. The maximum atomic E-state index is 5.93. The molecule has 0 radical (unpaired) electrons. The molecule has 1 saturated carbocycles. The molecule has 0 saturated heterocycles. The summed E-state index contributed by atoms with van der Waals surface area (Å²) < 4.78 is 1.32. The molecule has 1 heterocycles.